The molecule has 0 unspecified atom stereocenters. The SMILES string of the molecule is O=C(O)c1cccc(S(=O)(=O)c2ccc3c(c2)C[C@@H](NC[C@H](O)c2cccc(Cl)c2)CC3)c1. The number of hydrogen-bond donors (Lipinski definition) is 3. The summed E-state index contributed by atoms with van der Waals surface area (Å²) in [5, 5.41) is 23.6. The van der Waals surface area contributed by atoms with E-state index in [1.54, 1.807) is 30.3 Å². The predicted octanol–water partition coefficient (Wildman–Crippen LogP) is 4.05. The molecular weight excluding hydrogens is 462 g/mol. The molecule has 172 valence electrons. The molecule has 6 nitrogen and oxygen atoms in total. The molecule has 0 saturated heterocycles. The van der Waals surface area contributed by atoms with E-state index in [2.05, 4.69) is 5.32 Å². The summed E-state index contributed by atoms with van der Waals surface area (Å²) in [6.07, 6.45) is 1.62. The molecule has 3 N–H and O–H groups in total. The number of benzene rings is 3. The molecule has 4 rings (SSSR count). The third-order valence-corrected chi connectivity index (χ3v) is 7.93. The van der Waals surface area contributed by atoms with Crippen LogP contribution in [0.1, 0.15) is 39.6 Å². The maximum Gasteiger partial charge on any atom is 0.335 e. The number of aliphatic hydroxyl groups is 1. The van der Waals surface area contributed by atoms with Gasteiger partial charge in [-0.15, -0.1) is 0 Å². The standard InChI is InChI=1S/C25H24ClNO5S/c26-20-5-1-3-17(11-20)24(28)15-27-21-9-7-16-8-10-23(14-19(16)12-21)33(31,32)22-6-2-4-18(13-22)25(29)30/h1-6,8,10-11,13-14,21,24,27-28H,7,9,12,15H2,(H,29,30)/t21-,24-/m0/s1. The average molecular weight is 486 g/mol. The predicted molar refractivity (Wildman–Crippen MR) is 126 cm³/mol. The Morgan fingerprint density at radius 1 is 1.03 bits per heavy atom. The van der Waals surface area contributed by atoms with Gasteiger partial charge in [0.1, 0.15) is 0 Å². The van der Waals surface area contributed by atoms with Gasteiger partial charge in [0.25, 0.3) is 0 Å². The summed E-state index contributed by atoms with van der Waals surface area (Å²) in [7, 11) is -3.85. The number of carboxylic acid groups (broad SMARTS) is 1. The van der Waals surface area contributed by atoms with Gasteiger partial charge in [0.15, 0.2) is 0 Å². The minimum absolute atomic E-state index is 0.0440. The van der Waals surface area contributed by atoms with Crippen molar-refractivity contribution in [2.24, 2.45) is 0 Å². The van der Waals surface area contributed by atoms with Gasteiger partial charge in [0.2, 0.25) is 9.84 Å². The molecule has 0 heterocycles. The molecule has 2 atom stereocenters. The Bertz CT molecular complexity index is 1290. The van der Waals surface area contributed by atoms with Crippen molar-refractivity contribution in [3.8, 4) is 0 Å². The second-order valence-corrected chi connectivity index (χ2v) is 10.6. The Kier molecular flexibility index (Phi) is 6.86. The highest BCUT2D eigenvalue weighted by Crippen LogP contribution is 2.28. The summed E-state index contributed by atoms with van der Waals surface area (Å²) in [5.74, 6) is -1.17. The van der Waals surface area contributed by atoms with Gasteiger partial charge in [0.05, 0.1) is 21.5 Å². The van der Waals surface area contributed by atoms with Crippen molar-refractivity contribution >= 4 is 27.4 Å². The third-order valence-electron chi connectivity index (χ3n) is 5.94. The number of fused-ring (bicyclic) bond motifs is 1. The van der Waals surface area contributed by atoms with Gasteiger partial charge in [0, 0.05) is 17.6 Å². The van der Waals surface area contributed by atoms with Crippen LogP contribution < -0.4 is 5.32 Å². The van der Waals surface area contributed by atoms with Gasteiger partial charge >= 0.3 is 5.97 Å². The maximum atomic E-state index is 13.1. The molecule has 0 saturated carbocycles. The van der Waals surface area contributed by atoms with Crippen molar-refractivity contribution in [3.63, 3.8) is 0 Å². The van der Waals surface area contributed by atoms with Crippen LogP contribution in [0.4, 0.5) is 0 Å². The van der Waals surface area contributed by atoms with Crippen LogP contribution >= 0.6 is 11.6 Å². The normalized spacial score (nSPS) is 16.7. The summed E-state index contributed by atoms with van der Waals surface area (Å²) in [4.78, 5) is 11.3. The molecule has 0 radical (unpaired) electrons. The van der Waals surface area contributed by atoms with Crippen LogP contribution in [-0.4, -0.2) is 37.2 Å². The zero-order valence-electron chi connectivity index (χ0n) is 17.7. The van der Waals surface area contributed by atoms with Crippen molar-refractivity contribution in [1.82, 2.24) is 5.32 Å². The Balaban J connectivity index is 1.49. The first kappa shape index (κ1) is 23.4. The Morgan fingerprint density at radius 3 is 2.55 bits per heavy atom. The van der Waals surface area contributed by atoms with E-state index in [1.165, 1.54) is 24.3 Å². The minimum atomic E-state index is -3.85. The van der Waals surface area contributed by atoms with Crippen molar-refractivity contribution in [2.75, 3.05) is 6.54 Å². The van der Waals surface area contributed by atoms with Gasteiger partial charge in [-0.05, 0) is 78.4 Å². The number of carboxylic acids is 1. The van der Waals surface area contributed by atoms with Crippen LogP contribution in [0, 0.1) is 0 Å². The fourth-order valence-electron chi connectivity index (χ4n) is 4.12. The first-order valence-corrected chi connectivity index (χ1v) is 12.5. The molecule has 0 aliphatic heterocycles. The summed E-state index contributed by atoms with van der Waals surface area (Å²) in [5.41, 5.74) is 2.70. The zero-order valence-corrected chi connectivity index (χ0v) is 19.3. The van der Waals surface area contributed by atoms with Gasteiger partial charge in [-0.3, -0.25) is 0 Å². The minimum Gasteiger partial charge on any atom is -0.478 e. The molecule has 0 aromatic heterocycles. The van der Waals surface area contributed by atoms with Gasteiger partial charge in [-0.2, -0.15) is 0 Å². The van der Waals surface area contributed by atoms with Crippen molar-refractivity contribution in [2.45, 2.75) is 41.2 Å². The molecular formula is C25H24ClNO5S. The highest BCUT2D eigenvalue weighted by Gasteiger charge is 2.24. The fourth-order valence-corrected chi connectivity index (χ4v) is 5.67. The number of sulfone groups is 1. The molecule has 8 heteroatoms. The Hall–Kier alpha value is -2.71. The van der Waals surface area contributed by atoms with Crippen LogP contribution in [0.5, 0.6) is 0 Å². The monoisotopic (exact) mass is 485 g/mol. The Morgan fingerprint density at radius 2 is 1.79 bits per heavy atom. The third kappa shape index (κ3) is 5.28. The van der Waals surface area contributed by atoms with Gasteiger partial charge in [-0.25, -0.2) is 13.2 Å². The first-order valence-electron chi connectivity index (χ1n) is 10.6. The number of hydrogen-bond acceptors (Lipinski definition) is 5. The number of aliphatic hydroxyl groups excluding tert-OH is 1. The van der Waals surface area contributed by atoms with Crippen LogP contribution in [0.15, 0.2) is 76.5 Å². The molecule has 3 aromatic rings. The molecule has 1 aliphatic rings. The molecule has 1 aliphatic carbocycles. The molecule has 33 heavy (non-hydrogen) atoms. The number of nitrogens with one attached hydrogen (secondary N) is 1. The number of rotatable bonds is 7. The molecule has 0 bridgehead atoms. The lowest BCUT2D eigenvalue weighted by Gasteiger charge is -2.27. The molecule has 0 spiro atoms. The number of aromatic carboxylic acids is 1. The quantitative estimate of drug-likeness (QED) is 0.466. The summed E-state index contributed by atoms with van der Waals surface area (Å²) in [6, 6.07) is 17.7. The molecule has 0 fully saturated rings. The van der Waals surface area contributed by atoms with E-state index in [-0.39, 0.29) is 21.4 Å². The smallest absolute Gasteiger partial charge is 0.335 e. The average Bonchev–Trinajstić information content (AvgIpc) is 2.82. The fraction of sp³-hybridized carbons (Fsp3) is 0.240. The lowest BCUT2D eigenvalue weighted by Crippen LogP contribution is -2.37. The maximum absolute atomic E-state index is 13.1. The van der Waals surface area contributed by atoms with Gasteiger partial charge in [-0.1, -0.05) is 35.9 Å². The summed E-state index contributed by atoms with van der Waals surface area (Å²) < 4.78 is 26.2. The highest BCUT2D eigenvalue weighted by molar-refractivity contribution is 7.91. The highest BCUT2D eigenvalue weighted by atomic mass is 35.5. The van der Waals surface area contributed by atoms with E-state index in [0.717, 1.165) is 29.5 Å². The van der Waals surface area contributed by atoms with Crippen molar-refractivity contribution in [1.29, 1.82) is 0 Å². The second-order valence-electron chi connectivity index (χ2n) is 8.19. The van der Waals surface area contributed by atoms with Crippen molar-refractivity contribution in [3.05, 3.63) is 94.0 Å². The van der Waals surface area contributed by atoms with E-state index in [9.17, 15) is 23.4 Å². The van der Waals surface area contributed by atoms with Crippen LogP contribution in [0.2, 0.25) is 5.02 Å². The molecule has 0 amide bonds. The van der Waals surface area contributed by atoms with E-state index in [1.807, 2.05) is 12.1 Å². The Labute approximate surface area is 197 Å². The number of halogens is 1. The first-order chi connectivity index (χ1) is 15.7. The van der Waals surface area contributed by atoms with E-state index in [4.69, 9.17) is 11.6 Å². The summed E-state index contributed by atoms with van der Waals surface area (Å²) >= 11 is 6.00. The van der Waals surface area contributed by atoms with Gasteiger partial charge < -0.3 is 15.5 Å². The van der Waals surface area contributed by atoms with Crippen molar-refractivity contribution < 1.29 is 23.4 Å². The topological polar surface area (TPSA) is 104 Å². The van der Waals surface area contributed by atoms with Crippen LogP contribution in [0.3, 0.4) is 0 Å². The second kappa shape index (κ2) is 9.65. The number of carbonyl (C=O) groups is 1. The van der Waals surface area contributed by atoms with E-state index in [0.29, 0.717) is 18.0 Å². The zero-order chi connectivity index (χ0) is 23.6. The van der Waals surface area contributed by atoms with Crippen LogP contribution in [-0.2, 0) is 22.7 Å². The largest absolute Gasteiger partial charge is 0.478 e. The van der Waals surface area contributed by atoms with E-state index >= 15 is 0 Å². The van der Waals surface area contributed by atoms with E-state index < -0.39 is 21.9 Å². The lowest BCUT2D eigenvalue weighted by molar-refractivity contribution is 0.0696. The number of aryl methyl sites for hydroxylation is 1. The molecule has 3 aromatic carbocycles. The van der Waals surface area contributed by atoms with Crippen LogP contribution in [0.25, 0.3) is 0 Å². The summed E-state index contributed by atoms with van der Waals surface area (Å²) in [6.45, 7) is 0.361. The lowest BCUT2D eigenvalue weighted by atomic mass is 9.88.